The highest BCUT2D eigenvalue weighted by Gasteiger charge is 3.53. The number of hydrogen-bond donors (Lipinski definition) is 0. The fraction of sp³-hybridized carbons (Fsp3) is 1.00. The Bertz CT molecular complexity index is 1690. The number of hydrogen-bond acceptors (Lipinski definition) is 0. The lowest BCUT2D eigenvalue weighted by molar-refractivity contribution is -1.08. The molecule has 0 heteroatoms. The molecule has 0 bridgehead atoms. The van der Waals surface area contributed by atoms with Gasteiger partial charge in [-0.2, -0.15) is 0 Å². The van der Waals surface area contributed by atoms with Crippen LogP contribution in [0, 0.1) is 134 Å². The molecule has 16 fully saturated rings. The summed E-state index contributed by atoms with van der Waals surface area (Å²) in [7, 11) is 0. The Morgan fingerprint density at radius 2 is 1.05 bits per heavy atom. The molecule has 23 atom stereocenters. The van der Waals surface area contributed by atoms with Crippen LogP contribution in [0.3, 0.4) is 0 Å². The predicted molar refractivity (Wildman–Crippen MR) is 144 cm³/mol. The average Bonchev–Trinajstić information content (AvgIpc) is 2.85. The summed E-state index contributed by atoms with van der Waals surface area (Å²) in [6.07, 6.45) is 3.21. The number of fused-ring (bicyclic) bond motifs is 8. The van der Waals surface area contributed by atoms with E-state index in [1.54, 1.807) is 6.42 Å². The summed E-state index contributed by atoms with van der Waals surface area (Å²) in [6, 6.07) is 0. The Kier molecular flexibility index (Phi) is 1.63. The summed E-state index contributed by atoms with van der Waals surface area (Å²) in [5.74, 6) is 9.38. The van der Waals surface area contributed by atoms with Gasteiger partial charge in [-0.25, -0.2) is 0 Å². The Hall–Kier alpha value is 0. The van der Waals surface area contributed by atoms with Crippen molar-refractivity contribution in [1.29, 1.82) is 0 Å². The van der Waals surface area contributed by atoms with Crippen LogP contribution in [0.25, 0.3) is 0 Å². The summed E-state index contributed by atoms with van der Waals surface area (Å²) in [6.45, 7) is 32.9. The molecule has 0 aromatic carbocycles. The average molecular weight is 505 g/mol. The van der Waals surface area contributed by atoms with E-state index < -0.39 is 0 Å². The van der Waals surface area contributed by atoms with Crippen LogP contribution < -0.4 is 0 Å². The van der Waals surface area contributed by atoms with Crippen LogP contribution in [0.5, 0.6) is 0 Å². The molecular formula is C38H48. The van der Waals surface area contributed by atoms with Crippen molar-refractivity contribution in [1.82, 2.24) is 0 Å². The van der Waals surface area contributed by atoms with Gasteiger partial charge < -0.3 is 0 Å². The number of rotatable bonds is 1. The van der Waals surface area contributed by atoms with Crippen molar-refractivity contribution < 1.29 is 0 Å². The van der Waals surface area contributed by atoms with Crippen molar-refractivity contribution in [3.05, 3.63) is 0 Å². The Labute approximate surface area is 229 Å². The van der Waals surface area contributed by atoms with Gasteiger partial charge in [-0.05, 0) is 140 Å². The van der Waals surface area contributed by atoms with Gasteiger partial charge in [0, 0.05) is 0 Å². The molecule has 16 rings (SSSR count). The summed E-state index contributed by atoms with van der Waals surface area (Å²) in [4.78, 5) is 0. The highest BCUT2D eigenvalue weighted by molar-refractivity contribution is 5.98. The van der Waals surface area contributed by atoms with E-state index in [1.165, 1.54) is 41.9 Å². The second-order valence-electron chi connectivity index (χ2n) is 21.0. The molecule has 0 radical (unpaired) electrons. The fourth-order valence-corrected chi connectivity index (χ4v) is 30.5. The van der Waals surface area contributed by atoms with Crippen LogP contribution >= 0.6 is 0 Å². The van der Waals surface area contributed by atoms with Crippen molar-refractivity contribution in [3.63, 3.8) is 0 Å². The molecule has 0 aromatic rings. The van der Waals surface area contributed by atoms with Crippen LogP contribution in [0.15, 0.2) is 0 Å². The molecule has 0 aromatic heterocycles. The molecular weight excluding hydrogens is 456 g/mol. The molecule has 16 aliphatic carbocycles. The second-order valence-corrected chi connectivity index (χ2v) is 21.0. The zero-order chi connectivity index (χ0) is 26.0. The van der Waals surface area contributed by atoms with Crippen LogP contribution in [0.4, 0.5) is 0 Å². The van der Waals surface area contributed by atoms with E-state index in [0.29, 0.717) is 37.9 Å². The zero-order valence-corrected chi connectivity index (χ0v) is 26.0. The van der Waals surface area contributed by atoms with Crippen LogP contribution in [0.2, 0.25) is 0 Å². The van der Waals surface area contributed by atoms with Gasteiger partial charge in [-0.1, -0.05) is 89.5 Å². The van der Waals surface area contributed by atoms with E-state index >= 15 is 0 Å². The summed E-state index contributed by atoms with van der Waals surface area (Å²) in [5, 5.41) is 0. The minimum Gasteiger partial charge on any atom is -0.0683 e. The van der Waals surface area contributed by atoms with Gasteiger partial charge in [-0.3, -0.25) is 0 Å². The smallest absolute Gasteiger partial charge is 0.000787 e. The fourth-order valence-electron chi connectivity index (χ4n) is 30.5. The second kappa shape index (κ2) is 3.22. The Morgan fingerprint density at radius 3 is 1.61 bits per heavy atom. The van der Waals surface area contributed by atoms with Gasteiger partial charge in [-0.15, -0.1) is 0 Å². The van der Waals surface area contributed by atoms with Crippen LogP contribution in [-0.4, -0.2) is 0 Å². The largest absolute Gasteiger partial charge is 0.0683 e. The van der Waals surface area contributed by atoms with E-state index in [1.807, 2.05) is 13.8 Å². The lowest BCUT2D eigenvalue weighted by Crippen LogP contribution is -3.52. The first kappa shape index (κ1) is 19.2. The van der Waals surface area contributed by atoms with Crippen molar-refractivity contribution in [2.45, 2.75) is 95.9 Å². The summed E-state index contributed by atoms with van der Waals surface area (Å²) < 4.78 is 0. The molecule has 38 heavy (non-hydrogen) atoms. The molecule has 200 valence electrons. The van der Waals surface area contributed by atoms with E-state index in [0.717, 1.165) is 60.6 Å². The topological polar surface area (TPSA) is 0 Å². The van der Waals surface area contributed by atoms with E-state index in [-0.39, 0.29) is 0 Å². The lowest BCUT2D eigenvalue weighted by atomic mass is 8.49. The van der Waals surface area contributed by atoms with E-state index in [2.05, 4.69) is 69.2 Å². The summed E-state index contributed by atoms with van der Waals surface area (Å²) >= 11 is 0. The highest BCUT2D eigenvalue weighted by atomic mass is 15.6. The standard InChI is InChI=1S/C36H42.C2H6/c1-11-14-18-20-16-12-15-19-17-13(2)22(5)26(9)24(7)21(3,4)25(8)27(10)23(14,6)30(18)32(20)28(15,16)31(19)29(17,22)34(26)33(24,25)35(27,30)36(31,32)34;1-2/h13-20H,11-12H2,1-10H3;1-2H3. The Morgan fingerprint density at radius 1 is 0.553 bits per heavy atom. The third-order valence-electron chi connectivity index (χ3n) is 26.8. The third-order valence-corrected chi connectivity index (χ3v) is 26.8. The van der Waals surface area contributed by atoms with Crippen molar-refractivity contribution in [2.75, 3.05) is 0 Å². The first-order valence-corrected chi connectivity index (χ1v) is 17.8. The first-order chi connectivity index (χ1) is 17.8. The van der Waals surface area contributed by atoms with Crippen molar-refractivity contribution in [3.8, 4) is 0 Å². The van der Waals surface area contributed by atoms with Crippen LogP contribution in [-0.2, 0) is 0 Å². The molecule has 0 amide bonds. The molecule has 0 heterocycles. The zero-order valence-electron chi connectivity index (χ0n) is 26.0. The van der Waals surface area contributed by atoms with Gasteiger partial charge in [0.2, 0.25) is 0 Å². The van der Waals surface area contributed by atoms with Gasteiger partial charge in [0.15, 0.2) is 0 Å². The Balaban J connectivity index is 0.000000830. The quantitative estimate of drug-likeness (QED) is 0.340. The maximum atomic E-state index is 3.01. The maximum absolute atomic E-state index is 3.01. The molecule has 0 aliphatic heterocycles. The minimum absolute atomic E-state index is 0.491. The summed E-state index contributed by atoms with van der Waals surface area (Å²) in [5.41, 5.74) is 12.1. The van der Waals surface area contributed by atoms with Crippen molar-refractivity contribution in [2.24, 2.45) is 134 Å². The van der Waals surface area contributed by atoms with Gasteiger partial charge >= 0.3 is 0 Å². The molecule has 0 N–H and O–H groups in total. The van der Waals surface area contributed by atoms with Gasteiger partial charge in [0.25, 0.3) is 0 Å². The normalized spacial score (nSPS) is 103. The van der Waals surface area contributed by atoms with Gasteiger partial charge in [0.1, 0.15) is 0 Å². The van der Waals surface area contributed by atoms with E-state index in [4.69, 9.17) is 0 Å². The SMILES string of the molecule is CC.CCC1C2C3C4CC5C6C7C(C)C8(C)C9(C)C%10(C)C(C)(C)C%11(C)C%12(C)C1(C)C21C32C54C63C78C94C%10%11C%121C324. The van der Waals surface area contributed by atoms with Crippen molar-refractivity contribution >= 4 is 0 Å². The lowest BCUT2D eigenvalue weighted by Gasteiger charge is -3.53. The van der Waals surface area contributed by atoms with Gasteiger partial charge in [0.05, 0.1) is 0 Å². The van der Waals surface area contributed by atoms with E-state index in [9.17, 15) is 0 Å². The molecule has 0 saturated heterocycles. The molecule has 0 nitrogen and oxygen atoms in total. The first-order valence-electron chi connectivity index (χ1n) is 17.8. The highest BCUT2D eigenvalue weighted by Crippen LogP contribution is 3.55. The molecule has 16 saturated carbocycles. The molecule has 16 aliphatic rings. The predicted octanol–water partition coefficient (Wildman–Crippen LogP) is 7.92. The van der Waals surface area contributed by atoms with Crippen LogP contribution in [0.1, 0.15) is 95.9 Å². The third kappa shape index (κ3) is 0.510. The monoisotopic (exact) mass is 504 g/mol. The maximum Gasteiger partial charge on any atom is -0.000787 e. The molecule has 23 unspecified atom stereocenters. The minimum atomic E-state index is 0.491. The molecule has 9 spiro atoms.